The Bertz CT molecular complexity index is 1620. The molecule has 4 heterocycles. The molecule has 0 radical (unpaired) electrons. The predicted octanol–water partition coefficient (Wildman–Crippen LogP) is 4.69. The molecule has 20 heteroatoms. The molecule has 2 atom stereocenters. The highest BCUT2D eigenvalue weighted by atomic mass is 35.5. The van der Waals surface area contributed by atoms with Crippen LogP contribution in [0.5, 0.6) is 0 Å². The number of thiophene rings is 1. The van der Waals surface area contributed by atoms with Gasteiger partial charge in [-0.1, -0.05) is 44.6 Å². The third-order valence-electron chi connectivity index (χ3n) is 8.45. The van der Waals surface area contributed by atoms with Gasteiger partial charge in [-0.05, 0) is 36.1 Å². The number of aryl methyl sites for hydroxylation is 1. The lowest BCUT2D eigenvalue weighted by molar-refractivity contribution is -0.391. The molecule has 0 aromatic carbocycles. The Balaban J connectivity index is 0.000000792. The summed E-state index contributed by atoms with van der Waals surface area (Å²) < 4.78 is 22.4. The van der Waals surface area contributed by atoms with Gasteiger partial charge in [-0.25, -0.2) is 19.1 Å². The summed E-state index contributed by atoms with van der Waals surface area (Å²) in [5, 5.41) is 14.0. The Morgan fingerprint density at radius 3 is 2.30 bits per heavy atom. The summed E-state index contributed by atoms with van der Waals surface area (Å²) in [4.78, 5) is 77.6. The molecule has 3 amide bonds. The van der Waals surface area contributed by atoms with Gasteiger partial charge >= 0.3 is 23.8 Å². The zero-order valence-corrected chi connectivity index (χ0v) is 33.3. The average molecular weight is 817 g/mol. The number of carbonyl (C=O) groups is 5. The van der Waals surface area contributed by atoms with Gasteiger partial charge in [0.1, 0.15) is 23.9 Å². The molecule has 0 spiro atoms. The standard InChI is InChI=1S/C29H41N3O9S2.C5H7N3O2.ClH/c1-3-39-23(34)14-10-8-6-4-5-7-9-11-15-40-25(35)24-20(18-41-28(30)37)19-43-27-29(38-2,26(36)32(24)27)31-22(33)17-21-13-12-16-42-21;1-4-6-3-5(7(4)2)8(9)10;/h12-13,16,27H,3-11,14-15,17-19H2,1-2H3,(H2,30,37)(H,31,33);3H,1-2H3;1H/t27-,29+;;/m1../s1. The van der Waals surface area contributed by atoms with Crippen LogP contribution in [0.2, 0.25) is 0 Å². The third-order valence-corrected chi connectivity index (χ3v) is 10.7. The van der Waals surface area contributed by atoms with Gasteiger partial charge in [-0.3, -0.25) is 19.3 Å². The number of nitrogens with zero attached hydrogens (tertiary/aromatic N) is 4. The van der Waals surface area contributed by atoms with Crippen molar-refractivity contribution in [3.05, 3.63) is 55.8 Å². The van der Waals surface area contributed by atoms with Crippen molar-refractivity contribution in [3.8, 4) is 0 Å². The van der Waals surface area contributed by atoms with Gasteiger partial charge in [-0.2, -0.15) is 0 Å². The Morgan fingerprint density at radius 2 is 1.76 bits per heavy atom. The molecule has 3 N–H and O–H groups in total. The van der Waals surface area contributed by atoms with Crippen LogP contribution in [0.1, 0.15) is 75.4 Å². The highest BCUT2D eigenvalue weighted by Gasteiger charge is 2.66. The Morgan fingerprint density at radius 1 is 1.09 bits per heavy atom. The van der Waals surface area contributed by atoms with Crippen LogP contribution in [-0.4, -0.2) is 93.0 Å². The minimum Gasteiger partial charge on any atom is -0.466 e. The molecule has 0 saturated carbocycles. The van der Waals surface area contributed by atoms with Gasteiger partial charge in [0.15, 0.2) is 5.82 Å². The summed E-state index contributed by atoms with van der Waals surface area (Å²) in [6, 6.07) is 3.66. The Labute approximate surface area is 328 Å². The largest absolute Gasteiger partial charge is 0.466 e. The predicted molar refractivity (Wildman–Crippen MR) is 203 cm³/mol. The molecule has 1 fully saturated rings. The van der Waals surface area contributed by atoms with Crippen molar-refractivity contribution in [2.75, 3.05) is 32.7 Å². The van der Waals surface area contributed by atoms with Crippen LogP contribution in [0.3, 0.4) is 0 Å². The van der Waals surface area contributed by atoms with Gasteiger partial charge in [0.2, 0.25) is 5.91 Å². The fourth-order valence-electron chi connectivity index (χ4n) is 5.58. The zero-order valence-electron chi connectivity index (χ0n) is 30.9. The number of thioether (sulfide) groups is 1. The number of ether oxygens (including phenoxy) is 4. The molecule has 17 nitrogen and oxygen atoms in total. The van der Waals surface area contributed by atoms with E-state index in [9.17, 15) is 34.1 Å². The first kappa shape index (κ1) is 46.0. The summed E-state index contributed by atoms with van der Waals surface area (Å²) in [5.74, 6) is -0.946. The van der Waals surface area contributed by atoms with Gasteiger partial charge in [-0.15, -0.1) is 35.5 Å². The van der Waals surface area contributed by atoms with Gasteiger partial charge in [0, 0.05) is 36.7 Å². The molecule has 0 aliphatic carbocycles. The molecular formula is C34H49ClN6O11S2. The van der Waals surface area contributed by atoms with E-state index in [2.05, 4.69) is 10.3 Å². The maximum atomic E-state index is 13.5. The molecule has 2 aliphatic rings. The number of hydrogen-bond acceptors (Lipinski definition) is 14. The van der Waals surface area contributed by atoms with Crippen LogP contribution < -0.4 is 11.1 Å². The van der Waals surface area contributed by atoms with Crippen molar-refractivity contribution >= 4 is 71.2 Å². The molecule has 54 heavy (non-hydrogen) atoms. The lowest BCUT2D eigenvalue weighted by Crippen LogP contribution is -2.80. The van der Waals surface area contributed by atoms with Crippen molar-refractivity contribution in [1.82, 2.24) is 19.8 Å². The number of β-lactam (4-membered cyclic amide) rings is 1. The van der Waals surface area contributed by atoms with Crippen molar-refractivity contribution < 1.29 is 47.8 Å². The summed E-state index contributed by atoms with van der Waals surface area (Å²) in [7, 11) is 2.94. The van der Waals surface area contributed by atoms with E-state index in [0.717, 1.165) is 49.8 Å². The lowest BCUT2D eigenvalue weighted by Gasteiger charge is -2.55. The fraction of sp³-hybridized carbons (Fsp3) is 0.588. The number of amides is 3. The van der Waals surface area contributed by atoms with Gasteiger partial charge in [0.05, 0.1) is 26.7 Å². The number of nitrogens with one attached hydrogen (secondary N) is 1. The highest BCUT2D eigenvalue weighted by Crippen LogP contribution is 2.47. The van der Waals surface area contributed by atoms with Crippen molar-refractivity contribution in [3.63, 3.8) is 0 Å². The topological polar surface area (TPSA) is 225 Å². The number of halogens is 1. The van der Waals surface area contributed by atoms with E-state index in [0.29, 0.717) is 30.8 Å². The van der Waals surface area contributed by atoms with Crippen LogP contribution in [0.15, 0.2) is 35.0 Å². The number of carbonyl (C=O) groups excluding carboxylic acids is 5. The number of fused-ring (bicyclic) bond motifs is 1. The number of rotatable bonds is 20. The van der Waals surface area contributed by atoms with E-state index < -0.39 is 34.0 Å². The summed E-state index contributed by atoms with van der Waals surface area (Å²) in [6.07, 6.45) is 8.30. The van der Waals surface area contributed by atoms with E-state index in [4.69, 9.17) is 24.7 Å². The maximum Gasteiger partial charge on any atom is 0.404 e. The first-order valence-corrected chi connectivity index (χ1v) is 19.2. The van der Waals surface area contributed by atoms with E-state index in [1.54, 1.807) is 20.9 Å². The SMILES string of the molecule is CCOC(=O)CCCCCCCCCCOC(=O)C1=C(COC(N)=O)CS[C@H]2N1C(=O)[C@]2(NC(=O)Cc1cccs1)OC.Cc1ncc([N+](=O)[O-])n1C.Cl. The third kappa shape index (κ3) is 12.7. The number of primary amides is 1. The Kier molecular flexibility index (Phi) is 19.5. The number of aromatic nitrogens is 2. The second kappa shape index (κ2) is 22.9. The van der Waals surface area contributed by atoms with E-state index in [1.807, 2.05) is 17.5 Å². The molecule has 0 bridgehead atoms. The molecule has 300 valence electrons. The molecule has 2 aliphatic heterocycles. The van der Waals surface area contributed by atoms with Crippen LogP contribution >= 0.6 is 35.5 Å². The molecule has 2 aromatic heterocycles. The molecule has 4 rings (SSSR count). The number of esters is 2. The van der Waals surface area contributed by atoms with Crippen LogP contribution in [-0.2, 0) is 51.6 Å². The van der Waals surface area contributed by atoms with Gasteiger partial charge in [0.25, 0.3) is 11.6 Å². The fourth-order valence-corrected chi connectivity index (χ4v) is 7.71. The number of nitrogens with two attached hydrogens (primary N) is 1. The quantitative estimate of drug-likeness (QED) is 0.0352. The van der Waals surface area contributed by atoms with E-state index in [1.165, 1.54) is 45.9 Å². The second-order valence-electron chi connectivity index (χ2n) is 12.1. The van der Waals surface area contributed by atoms with Crippen LogP contribution in [0, 0.1) is 17.0 Å². The number of imidazole rings is 1. The highest BCUT2D eigenvalue weighted by molar-refractivity contribution is 8.00. The van der Waals surface area contributed by atoms with Crippen molar-refractivity contribution in [2.45, 2.75) is 89.2 Å². The summed E-state index contributed by atoms with van der Waals surface area (Å²) >= 11 is 2.70. The Hall–Kier alpha value is -4.20. The lowest BCUT2D eigenvalue weighted by atomic mass is 9.98. The van der Waals surface area contributed by atoms with E-state index >= 15 is 0 Å². The number of nitro groups is 1. The maximum absolute atomic E-state index is 13.5. The first-order valence-electron chi connectivity index (χ1n) is 17.3. The smallest absolute Gasteiger partial charge is 0.404 e. The van der Waals surface area contributed by atoms with Crippen LogP contribution in [0.4, 0.5) is 10.6 Å². The molecule has 0 unspecified atom stereocenters. The normalized spacial score (nSPS) is 17.2. The zero-order chi connectivity index (χ0) is 39.0. The average Bonchev–Trinajstić information content (AvgIpc) is 3.76. The number of methoxy groups -OCH3 is 1. The van der Waals surface area contributed by atoms with Crippen molar-refractivity contribution in [1.29, 1.82) is 0 Å². The molecular weight excluding hydrogens is 768 g/mol. The first-order chi connectivity index (χ1) is 25.4. The van der Waals surface area contributed by atoms with Gasteiger partial charge < -0.3 is 40.1 Å². The van der Waals surface area contributed by atoms with Crippen LogP contribution in [0.25, 0.3) is 0 Å². The second-order valence-corrected chi connectivity index (χ2v) is 14.2. The van der Waals surface area contributed by atoms with E-state index in [-0.39, 0.29) is 61.2 Å². The summed E-state index contributed by atoms with van der Waals surface area (Å²) in [5.41, 5.74) is 3.86. The minimum atomic E-state index is -1.64. The van der Waals surface area contributed by atoms with Crippen molar-refractivity contribution in [2.24, 2.45) is 12.8 Å². The minimum absolute atomic E-state index is 0. The number of hydrogen-bond donors (Lipinski definition) is 2. The number of unbranched alkanes of at least 4 members (excludes halogenated alkanes) is 7. The summed E-state index contributed by atoms with van der Waals surface area (Å²) in [6.45, 7) is 3.83. The molecule has 1 saturated heterocycles. The monoisotopic (exact) mass is 816 g/mol. The molecule has 2 aromatic rings.